The van der Waals surface area contributed by atoms with Gasteiger partial charge in [0.2, 0.25) is 5.82 Å². The molecular formula is C9H10ClFO2. The van der Waals surface area contributed by atoms with Crippen molar-refractivity contribution >= 4 is 11.6 Å². The lowest BCUT2D eigenvalue weighted by molar-refractivity contribution is 0.228. The Bertz CT molecular complexity index is 313. The van der Waals surface area contributed by atoms with Crippen LogP contribution in [0.3, 0.4) is 0 Å². The van der Waals surface area contributed by atoms with Crippen LogP contribution in [0, 0.1) is 5.82 Å². The van der Waals surface area contributed by atoms with Gasteiger partial charge in [-0.3, -0.25) is 0 Å². The second-order valence-electron chi connectivity index (χ2n) is 2.90. The summed E-state index contributed by atoms with van der Waals surface area (Å²) < 4.78 is 18.2. The van der Waals surface area contributed by atoms with Gasteiger partial charge in [-0.2, -0.15) is 4.39 Å². The van der Waals surface area contributed by atoms with Gasteiger partial charge in [-0.15, -0.1) is 0 Å². The maximum Gasteiger partial charge on any atom is 0.206 e. The van der Waals surface area contributed by atoms with Crippen LogP contribution in [0.15, 0.2) is 12.1 Å². The molecule has 0 bridgehead atoms. The number of phenols is 1. The smallest absolute Gasteiger partial charge is 0.206 e. The van der Waals surface area contributed by atoms with E-state index in [0.29, 0.717) is 0 Å². The molecule has 13 heavy (non-hydrogen) atoms. The summed E-state index contributed by atoms with van der Waals surface area (Å²) in [4.78, 5) is 0. The molecule has 1 aromatic carbocycles. The van der Waals surface area contributed by atoms with E-state index in [9.17, 15) is 4.39 Å². The number of hydrogen-bond acceptors (Lipinski definition) is 2. The molecule has 0 aromatic heterocycles. The Morgan fingerprint density at radius 3 is 2.62 bits per heavy atom. The molecule has 0 unspecified atom stereocenters. The Morgan fingerprint density at radius 2 is 2.08 bits per heavy atom. The minimum atomic E-state index is -0.780. The molecular weight excluding hydrogens is 195 g/mol. The van der Waals surface area contributed by atoms with Crippen LogP contribution in [0.2, 0.25) is 5.02 Å². The Morgan fingerprint density at radius 1 is 1.46 bits per heavy atom. The van der Waals surface area contributed by atoms with E-state index in [0.717, 1.165) is 6.07 Å². The molecule has 0 saturated carbocycles. The maximum atomic E-state index is 13.1. The lowest BCUT2D eigenvalue weighted by atomic mass is 10.3. The summed E-state index contributed by atoms with van der Waals surface area (Å²) in [7, 11) is 0. The molecule has 0 heterocycles. The minimum absolute atomic E-state index is 0.0278. The van der Waals surface area contributed by atoms with E-state index in [1.807, 2.05) is 0 Å². The predicted molar refractivity (Wildman–Crippen MR) is 48.8 cm³/mol. The molecule has 0 fully saturated rings. The quantitative estimate of drug-likeness (QED) is 0.803. The number of hydrogen-bond donors (Lipinski definition) is 1. The Kier molecular flexibility index (Phi) is 2.98. The van der Waals surface area contributed by atoms with Gasteiger partial charge in [0, 0.05) is 17.2 Å². The molecule has 0 amide bonds. The van der Waals surface area contributed by atoms with Gasteiger partial charge in [0.15, 0.2) is 11.5 Å². The zero-order chi connectivity index (χ0) is 10.0. The molecule has 0 aliphatic heterocycles. The van der Waals surface area contributed by atoms with E-state index < -0.39 is 11.6 Å². The summed E-state index contributed by atoms with van der Waals surface area (Å²) in [5.74, 6) is -1.30. The summed E-state index contributed by atoms with van der Waals surface area (Å²) in [6, 6.07) is 2.46. The molecule has 2 nitrogen and oxygen atoms in total. The monoisotopic (exact) mass is 204 g/mol. The zero-order valence-electron chi connectivity index (χ0n) is 7.34. The second kappa shape index (κ2) is 3.83. The largest absolute Gasteiger partial charge is 0.505 e. The average Bonchev–Trinajstić information content (AvgIpc) is 1.98. The van der Waals surface area contributed by atoms with E-state index in [1.54, 1.807) is 13.8 Å². The van der Waals surface area contributed by atoms with Crippen LogP contribution in [-0.2, 0) is 0 Å². The van der Waals surface area contributed by atoms with Crippen LogP contribution < -0.4 is 4.74 Å². The first-order valence-corrected chi connectivity index (χ1v) is 4.23. The van der Waals surface area contributed by atoms with Crippen molar-refractivity contribution in [2.75, 3.05) is 0 Å². The highest BCUT2D eigenvalue weighted by Crippen LogP contribution is 2.30. The average molecular weight is 205 g/mol. The van der Waals surface area contributed by atoms with Crippen molar-refractivity contribution in [1.29, 1.82) is 0 Å². The SMILES string of the molecule is CC(C)Oc1cc(Cl)cc(O)c1F. The van der Waals surface area contributed by atoms with Gasteiger partial charge in [-0.1, -0.05) is 11.6 Å². The molecule has 0 spiro atoms. The number of phenolic OH excluding ortho intramolecular Hbond substituents is 1. The van der Waals surface area contributed by atoms with Crippen LogP contribution >= 0.6 is 11.6 Å². The van der Waals surface area contributed by atoms with Gasteiger partial charge in [0.1, 0.15) is 0 Å². The summed E-state index contributed by atoms with van der Waals surface area (Å²) in [6.45, 7) is 3.52. The van der Waals surface area contributed by atoms with Crippen molar-refractivity contribution in [3.05, 3.63) is 23.0 Å². The Labute approximate surface area is 80.9 Å². The van der Waals surface area contributed by atoms with Crippen LogP contribution in [-0.4, -0.2) is 11.2 Å². The van der Waals surface area contributed by atoms with E-state index in [2.05, 4.69) is 0 Å². The van der Waals surface area contributed by atoms with Crippen LogP contribution in [0.4, 0.5) is 4.39 Å². The summed E-state index contributed by atoms with van der Waals surface area (Å²) in [5, 5.41) is 9.30. The van der Waals surface area contributed by atoms with Crippen LogP contribution in [0.5, 0.6) is 11.5 Å². The highest BCUT2D eigenvalue weighted by Gasteiger charge is 2.11. The molecule has 4 heteroatoms. The highest BCUT2D eigenvalue weighted by molar-refractivity contribution is 6.30. The van der Waals surface area contributed by atoms with Crippen molar-refractivity contribution < 1.29 is 14.2 Å². The third-order valence-corrected chi connectivity index (χ3v) is 1.57. The molecule has 0 atom stereocenters. The standard InChI is InChI=1S/C9H10ClFO2/c1-5(2)13-8-4-6(10)3-7(12)9(8)11/h3-5,12H,1-2H3. The summed E-state index contributed by atoms with van der Waals surface area (Å²) >= 11 is 5.60. The molecule has 0 aliphatic carbocycles. The molecule has 1 aromatic rings. The van der Waals surface area contributed by atoms with Gasteiger partial charge < -0.3 is 9.84 Å². The van der Waals surface area contributed by atoms with Gasteiger partial charge in [-0.25, -0.2) is 0 Å². The van der Waals surface area contributed by atoms with Crippen LogP contribution in [0.1, 0.15) is 13.8 Å². The van der Waals surface area contributed by atoms with Gasteiger partial charge >= 0.3 is 0 Å². The number of halogens is 2. The highest BCUT2D eigenvalue weighted by atomic mass is 35.5. The topological polar surface area (TPSA) is 29.5 Å². The third-order valence-electron chi connectivity index (χ3n) is 1.35. The lowest BCUT2D eigenvalue weighted by Gasteiger charge is -2.11. The zero-order valence-corrected chi connectivity index (χ0v) is 8.10. The molecule has 1 rings (SSSR count). The molecule has 0 saturated heterocycles. The number of rotatable bonds is 2. The predicted octanol–water partition coefficient (Wildman–Crippen LogP) is 2.97. The van der Waals surface area contributed by atoms with E-state index >= 15 is 0 Å². The number of benzene rings is 1. The Hall–Kier alpha value is -0.960. The molecule has 72 valence electrons. The van der Waals surface area contributed by atoms with Crippen molar-refractivity contribution in [1.82, 2.24) is 0 Å². The third kappa shape index (κ3) is 2.49. The van der Waals surface area contributed by atoms with E-state index in [4.69, 9.17) is 21.4 Å². The fourth-order valence-corrected chi connectivity index (χ4v) is 1.09. The van der Waals surface area contributed by atoms with E-state index in [1.165, 1.54) is 6.07 Å². The maximum absolute atomic E-state index is 13.1. The summed E-state index contributed by atoms with van der Waals surface area (Å²) in [6.07, 6.45) is -0.160. The number of aromatic hydroxyl groups is 1. The fourth-order valence-electron chi connectivity index (χ4n) is 0.890. The van der Waals surface area contributed by atoms with Gasteiger partial charge in [0.05, 0.1) is 6.10 Å². The normalized spacial score (nSPS) is 10.5. The number of ether oxygens (including phenoxy) is 1. The first kappa shape index (κ1) is 10.1. The summed E-state index contributed by atoms with van der Waals surface area (Å²) in [5.41, 5.74) is 0. The van der Waals surface area contributed by atoms with Crippen LogP contribution in [0.25, 0.3) is 0 Å². The first-order valence-electron chi connectivity index (χ1n) is 3.85. The molecule has 1 N–H and O–H groups in total. The lowest BCUT2D eigenvalue weighted by Crippen LogP contribution is -2.06. The second-order valence-corrected chi connectivity index (χ2v) is 3.34. The van der Waals surface area contributed by atoms with Crippen molar-refractivity contribution in [2.24, 2.45) is 0 Å². The van der Waals surface area contributed by atoms with E-state index in [-0.39, 0.29) is 16.9 Å². The molecule has 0 radical (unpaired) electrons. The van der Waals surface area contributed by atoms with Crippen molar-refractivity contribution in [3.63, 3.8) is 0 Å². The van der Waals surface area contributed by atoms with Gasteiger partial charge in [-0.05, 0) is 13.8 Å². The van der Waals surface area contributed by atoms with Crippen molar-refractivity contribution in [3.8, 4) is 11.5 Å². The minimum Gasteiger partial charge on any atom is -0.505 e. The molecule has 0 aliphatic rings. The van der Waals surface area contributed by atoms with Crippen molar-refractivity contribution in [2.45, 2.75) is 20.0 Å². The Balaban J connectivity index is 3.05. The fraction of sp³-hybridized carbons (Fsp3) is 0.333. The van der Waals surface area contributed by atoms with Gasteiger partial charge in [0.25, 0.3) is 0 Å². The first-order chi connectivity index (χ1) is 6.00.